The Kier molecular flexibility index (Phi) is 11.5. The lowest BCUT2D eigenvalue weighted by Gasteiger charge is -2.27. The van der Waals surface area contributed by atoms with Crippen LogP contribution in [0, 0.1) is 0 Å². The molecule has 0 atom stereocenters. The van der Waals surface area contributed by atoms with Gasteiger partial charge in [0.25, 0.3) is 0 Å². The molecule has 0 heterocycles. The fourth-order valence-corrected chi connectivity index (χ4v) is 8.30. The second-order valence-electron chi connectivity index (χ2n) is 15.6. The topological polar surface area (TPSA) is 30.5 Å². The van der Waals surface area contributed by atoms with Crippen molar-refractivity contribution in [3.63, 3.8) is 0 Å². The van der Waals surface area contributed by atoms with E-state index in [1.807, 2.05) is 12.1 Å². The highest BCUT2D eigenvalue weighted by molar-refractivity contribution is 5.89. The molecule has 0 aliphatic heterocycles. The number of benzene rings is 10. The number of para-hydroxylation sites is 5. The molecule has 0 aromatic heterocycles. The van der Waals surface area contributed by atoms with Gasteiger partial charge in [0.05, 0.1) is 0 Å². The molecular weight excluding hydrogens is 777 g/mol. The van der Waals surface area contributed by atoms with E-state index in [1.54, 1.807) is 0 Å². The van der Waals surface area contributed by atoms with E-state index in [0.29, 0.717) is 0 Å². The summed E-state index contributed by atoms with van der Waals surface area (Å²) in [6.45, 7) is 0. The number of nitrogens with zero attached hydrogens (tertiary/aromatic N) is 2. The summed E-state index contributed by atoms with van der Waals surface area (Å²) in [5.74, 6) is 0. The van der Waals surface area contributed by atoms with Crippen molar-refractivity contribution < 1.29 is 0 Å². The van der Waals surface area contributed by atoms with Gasteiger partial charge in [0.2, 0.25) is 0 Å². The molecular formula is C60H46N4. The number of nitrogens with one attached hydrogen (secondary N) is 2. The van der Waals surface area contributed by atoms with E-state index in [1.165, 1.54) is 0 Å². The Bertz CT molecular complexity index is 3070. The molecule has 0 saturated carbocycles. The van der Waals surface area contributed by atoms with Crippen molar-refractivity contribution in [3.05, 3.63) is 267 Å². The second-order valence-corrected chi connectivity index (χ2v) is 15.6. The molecule has 0 saturated heterocycles. The highest BCUT2D eigenvalue weighted by Crippen LogP contribution is 2.42. The lowest BCUT2D eigenvalue weighted by molar-refractivity contribution is 1.28. The van der Waals surface area contributed by atoms with Crippen molar-refractivity contribution >= 4 is 56.9 Å². The summed E-state index contributed by atoms with van der Waals surface area (Å²) in [5.41, 5.74) is 17.5. The van der Waals surface area contributed by atoms with Crippen molar-refractivity contribution in [2.24, 2.45) is 0 Å². The summed E-state index contributed by atoms with van der Waals surface area (Å²) in [7, 11) is 0. The third kappa shape index (κ3) is 8.76. The number of hydrogen-bond donors (Lipinski definition) is 2. The zero-order chi connectivity index (χ0) is 42.9. The smallest absolute Gasteiger partial charge is 0.0469 e. The molecule has 2 N–H and O–H groups in total. The van der Waals surface area contributed by atoms with Crippen LogP contribution in [-0.4, -0.2) is 0 Å². The van der Waals surface area contributed by atoms with E-state index in [0.717, 1.165) is 90.3 Å². The Hall–Kier alpha value is -8.60. The van der Waals surface area contributed by atoms with Crippen LogP contribution >= 0.6 is 0 Å². The first-order valence-electron chi connectivity index (χ1n) is 21.7. The van der Waals surface area contributed by atoms with Crippen molar-refractivity contribution in [2.75, 3.05) is 20.4 Å². The van der Waals surface area contributed by atoms with Gasteiger partial charge in [0, 0.05) is 68.0 Å². The van der Waals surface area contributed by atoms with Crippen LogP contribution in [0.25, 0.3) is 33.4 Å². The van der Waals surface area contributed by atoms with Gasteiger partial charge < -0.3 is 20.4 Å². The van der Waals surface area contributed by atoms with E-state index in [9.17, 15) is 0 Å². The molecule has 0 spiro atoms. The van der Waals surface area contributed by atoms with Crippen molar-refractivity contribution in [3.8, 4) is 33.4 Å². The highest BCUT2D eigenvalue weighted by atomic mass is 15.1. The molecule has 0 radical (unpaired) electrons. The van der Waals surface area contributed by atoms with Gasteiger partial charge in [-0.1, -0.05) is 158 Å². The molecule has 4 heteroatoms. The maximum absolute atomic E-state index is 3.67. The fourth-order valence-electron chi connectivity index (χ4n) is 8.30. The highest BCUT2D eigenvalue weighted by Gasteiger charge is 2.18. The number of rotatable bonds is 13. The van der Waals surface area contributed by atoms with Gasteiger partial charge in [0.1, 0.15) is 0 Å². The lowest BCUT2D eigenvalue weighted by atomic mass is 10.0. The lowest BCUT2D eigenvalue weighted by Crippen LogP contribution is -2.10. The van der Waals surface area contributed by atoms with Gasteiger partial charge in [0.15, 0.2) is 0 Å². The van der Waals surface area contributed by atoms with E-state index in [2.05, 4.69) is 275 Å². The average Bonchev–Trinajstić information content (AvgIpc) is 3.37. The van der Waals surface area contributed by atoms with Crippen LogP contribution in [0.2, 0.25) is 0 Å². The van der Waals surface area contributed by atoms with Crippen molar-refractivity contribution in [1.82, 2.24) is 0 Å². The first-order chi connectivity index (χ1) is 31.7. The van der Waals surface area contributed by atoms with E-state index < -0.39 is 0 Å². The Balaban J connectivity index is 0.962. The van der Waals surface area contributed by atoms with Gasteiger partial charge in [-0.15, -0.1) is 0 Å². The maximum Gasteiger partial charge on any atom is 0.0469 e. The van der Waals surface area contributed by atoms with Crippen molar-refractivity contribution in [2.45, 2.75) is 0 Å². The molecule has 0 bridgehead atoms. The standard InChI is InChI=1S/C60H46N4/c1-6-19-47(20-7-1)58-44-56(41-42-60(58)62-50-24-10-3-11-25-50)64(52-28-14-5-15-29-52)54-39-35-46(36-40-54)45-33-37-53(38-34-45)63(51-26-12-4-13-27-51)55-30-18-21-48(43-55)57-31-16-17-32-59(57)61-49-22-8-2-9-23-49/h1-44,61-62H. The minimum atomic E-state index is 1.05. The van der Waals surface area contributed by atoms with Crippen LogP contribution in [-0.2, 0) is 0 Å². The molecule has 10 rings (SSSR count). The molecule has 4 nitrogen and oxygen atoms in total. The van der Waals surface area contributed by atoms with Crippen LogP contribution in [0.1, 0.15) is 0 Å². The molecule has 10 aromatic carbocycles. The predicted molar refractivity (Wildman–Crippen MR) is 272 cm³/mol. The van der Waals surface area contributed by atoms with Crippen LogP contribution in [0.5, 0.6) is 0 Å². The van der Waals surface area contributed by atoms with Gasteiger partial charge in [-0.25, -0.2) is 0 Å². The first-order valence-corrected chi connectivity index (χ1v) is 21.7. The molecule has 10 aromatic rings. The molecule has 0 fully saturated rings. The molecule has 0 aliphatic rings. The number of anilines is 10. The van der Waals surface area contributed by atoms with E-state index in [4.69, 9.17) is 0 Å². The summed E-state index contributed by atoms with van der Waals surface area (Å²) >= 11 is 0. The van der Waals surface area contributed by atoms with Crippen molar-refractivity contribution in [1.29, 1.82) is 0 Å². The second kappa shape index (κ2) is 18.6. The van der Waals surface area contributed by atoms with Crippen LogP contribution in [0.3, 0.4) is 0 Å². The third-order valence-electron chi connectivity index (χ3n) is 11.4. The summed E-state index contributed by atoms with van der Waals surface area (Å²) in [5, 5.41) is 7.30. The molecule has 0 unspecified atom stereocenters. The van der Waals surface area contributed by atoms with Gasteiger partial charge in [-0.05, 0) is 131 Å². The molecule has 306 valence electrons. The summed E-state index contributed by atoms with van der Waals surface area (Å²) in [6, 6.07) is 94.2. The summed E-state index contributed by atoms with van der Waals surface area (Å²) in [4.78, 5) is 4.65. The summed E-state index contributed by atoms with van der Waals surface area (Å²) < 4.78 is 0. The molecule has 64 heavy (non-hydrogen) atoms. The van der Waals surface area contributed by atoms with Crippen LogP contribution in [0.4, 0.5) is 56.9 Å². The minimum absolute atomic E-state index is 1.05. The fraction of sp³-hybridized carbons (Fsp3) is 0. The minimum Gasteiger partial charge on any atom is -0.355 e. The zero-order valence-electron chi connectivity index (χ0n) is 35.3. The zero-order valence-corrected chi connectivity index (χ0v) is 35.3. The van der Waals surface area contributed by atoms with E-state index in [-0.39, 0.29) is 0 Å². The Labute approximate surface area is 376 Å². The first kappa shape index (κ1) is 39.5. The normalized spacial score (nSPS) is 10.8. The third-order valence-corrected chi connectivity index (χ3v) is 11.4. The molecule has 0 amide bonds. The van der Waals surface area contributed by atoms with Crippen LogP contribution in [0.15, 0.2) is 267 Å². The quantitative estimate of drug-likeness (QED) is 0.121. The van der Waals surface area contributed by atoms with E-state index >= 15 is 0 Å². The Morgan fingerprint density at radius 1 is 0.219 bits per heavy atom. The predicted octanol–water partition coefficient (Wildman–Crippen LogP) is 17.1. The molecule has 0 aliphatic carbocycles. The number of hydrogen-bond acceptors (Lipinski definition) is 4. The Morgan fingerprint density at radius 3 is 1.12 bits per heavy atom. The largest absolute Gasteiger partial charge is 0.355 e. The van der Waals surface area contributed by atoms with Gasteiger partial charge >= 0.3 is 0 Å². The SMILES string of the molecule is c1ccc(Nc2ccccc2-c2cccc(N(c3ccccc3)c3ccc(-c4ccc(N(c5ccccc5)c5ccc(Nc6ccccc6)c(-c6ccccc6)c5)cc4)cc3)c2)cc1. The van der Waals surface area contributed by atoms with Gasteiger partial charge in [-0.3, -0.25) is 0 Å². The monoisotopic (exact) mass is 822 g/mol. The average molecular weight is 823 g/mol. The van der Waals surface area contributed by atoms with Gasteiger partial charge in [-0.2, -0.15) is 0 Å². The Morgan fingerprint density at radius 2 is 0.594 bits per heavy atom. The van der Waals surface area contributed by atoms with Crippen LogP contribution < -0.4 is 20.4 Å². The maximum atomic E-state index is 3.67. The summed E-state index contributed by atoms with van der Waals surface area (Å²) in [6.07, 6.45) is 0.